The van der Waals surface area contributed by atoms with Crippen LogP contribution in [0.5, 0.6) is 0 Å². The summed E-state index contributed by atoms with van der Waals surface area (Å²) in [6.07, 6.45) is 9.41. The van der Waals surface area contributed by atoms with E-state index in [1.807, 2.05) is 60.8 Å². The Morgan fingerprint density at radius 3 is 1.70 bits per heavy atom. The zero-order valence-electron chi connectivity index (χ0n) is 25.6. The van der Waals surface area contributed by atoms with Crippen molar-refractivity contribution >= 4 is 44.2 Å². The van der Waals surface area contributed by atoms with Gasteiger partial charge in [-0.2, -0.15) is 5.10 Å². The number of hydrazone groups is 1. The summed E-state index contributed by atoms with van der Waals surface area (Å²) in [4.78, 5) is 4.22. The lowest BCUT2D eigenvalue weighted by Gasteiger charge is -2.18. The molecular weight excluding hydrogens is 573 g/mol. The Bertz CT molecular complexity index is 2310. The molecule has 4 heteroatoms. The lowest BCUT2D eigenvalue weighted by molar-refractivity contribution is 1.32. The summed E-state index contributed by atoms with van der Waals surface area (Å²) in [5, 5.41) is 18.2. The first-order valence-electron chi connectivity index (χ1n) is 15.7. The summed E-state index contributed by atoms with van der Waals surface area (Å²) < 4.78 is 0. The molecule has 1 aliphatic carbocycles. The highest BCUT2D eigenvalue weighted by Crippen LogP contribution is 2.43. The smallest absolute Gasteiger partial charge is 0.108 e. The number of anilines is 1. The van der Waals surface area contributed by atoms with E-state index in [1.54, 1.807) is 6.20 Å². The van der Waals surface area contributed by atoms with Crippen molar-refractivity contribution in [2.75, 3.05) is 5.43 Å². The minimum absolute atomic E-state index is 0.357. The molecule has 0 aliphatic heterocycles. The summed E-state index contributed by atoms with van der Waals surface area (Å²) in [5.74, 6) is 0. The Kier molecular flexibility index (Phi) is 7.29. The molecule has 0 bridgehead atoms. The van der Waals surface area contributed by atoms with Gasteiger partial charge in [-0.05, 0) is 90.8 Å². The van der Waals surface area contributed by atoms with E-state index in [9.17, 15) is 0 Å². The molecule has 1 aromatic heterocycles. The van der Waals surface area contributed by atoms with Crippen LogP contribution in [-0.2, 0) is 0 Å². The largest absolute Gasteiger partial charge is 0.299 e. The zero-order valence-corrected chi connectivity index (χ0v) is 25.6. The van der Waals surface area contributed by atoms with Gasteiger partial charge >= 0.3 is 0 Å². The number of pyridine rings is 1. The summed E-state index contributed by atoms with van der Waals surface area (Å²) >= 11 is 0. The predicted octanol–water partition coefficient (Wildman–Crippen LogP) is 10.8. The van der Waals surface area contributed by atoms with Crippen LogP contribution >= 0.6 is 0 Å². The van der Waals surface area contributed by atoms with E-state index in [0.717, 1.165) is 33.5 Å². The van der Waals surface area contributed by atoms with E-state index in [1.165, 1.54) is 38.2 Å². The molecule has 6 aromatic carbocycles. The highest BCUT2D eigenvalue weighted by molar-refractivity contribution is 6.51. The van der Waals surface area contributed by atoms with Gasteiger partial charge in [0, 0.05) is 18.0 Å². The average Bonchev–Trinajstić information content (AvgIpc) is 3.14. The molecule has 0 spiro atoms. The van der Waals surface area contributed by atoms with Crippen LogP contribution in [0.15, 0.2) is 175 Å². The fourth-order valence-electron chi connectivity index (χ4n) is 6.42. The monoisotopic (exact) mass is 602 g/mol. The van der Waals surface area contributed by atoms with E-state index < -0.39 is 0 Å². The third kappa shape index (κ3) is 5.43. The van der Waals surface area contributed by atoms with E-state index in [2.05, 4.69) is 119 Å². The summed E-state index contributed by atoms with van der Waals surface area (Å²) in [6.45, 7) is 0. The molecule has 1 aliphatic rings. The second-order valence-electron chi connectivity index (χ2n) is 11.6. The number of rotatable bonds is 6. The molecule has 4 nitrogen and oxygen atoms in total. The average molecular weight is 603 g/mol. The minimum Gasteiger partial charge on any atom is -0.299 e. The maximum absolute atomic E-state index is 8.71. The number of hydrogen-bond acceptors (Lipinski definition) is 4. The van der Waals surface area contributed by atoms with Gasteiger partial charge in [-0.15, -0.1) is 0 Å². The lowest BCUT2D eigenvalue weighted by Crippen LogP contribution is -2.13. The molecule has 1 heterocycles. The van der Waals surface area contributed by atoms with E-state index >= 15 is 0 Å². The molecule has 0 saturated heterocycles. The molecule has 0 saturated carbocycles. The zero-order chi connectivity index (χ0) is 31.6. The first kappa shape index (κ1) is 28.1. The predicted molar refractivity (Wildman–Crippen MR) is 198 cm³/mol. The van der Waals surface area contributed by atoms with Crippen molar-refractivity contribution in [1.29, 1.82) is 5.41 Å². The van der Waals surface area contributed by atoms with Gasteiger partial charge in [0.1, 0.15) is 5.71 Å². The van der Waals surface area contributed by atoms with Crippen molar-refractivity contribution in [2.24, 2.45) is 5.10 Å². The van der Waals surface area contributed by atoms with E-state index in [-0.39, 0.29) is 0 Å². The first-order valence-corrected chi connectivity index (χ1v) is 15.7. The lowest BCUT2D eigenvalue weighted by atomic mass is 9.85. The Balaban J connectivity index is 1.09. The van der Waals surface area contributed by atoms with Crippen molar-refractivity contribution in [1.82, 2.24) is 4.98 Å². The fraction of sp³-hybridized carbons (Fsp3) is 0. The molecular formula is C43H30N4. The second-order valence-corrected chi connectivity index (χ2v) is 11.6. The Labute approximate surface area is 273 Å². The maximum atomic E-state index is 8.71. The number of hydrogen-bond donors (Lipinski definition) is 2. The third-order valence-electron chi connectivity index (χ3n) is 8.66. The highest BCUT2D eigenvalue weighted by atomic mass is 15.3. The number of allylic oxidation sites excluding steroid dienone is 4. The van der Waals surface area contributed by atoms with Gasteiger partial charge < -0.3 is 0 Å². The van der Waals surface area contributed by atoms with Crippen molar-refractivity contribution in [3.63, 3.8) is 0 Å². The SMILES string of the molecule is N=C1C=C(c2ccc(-c3c4ccccc4c(-c4ccccc4)c4ccccc34)cc2)C=C/C1=N/Nc1cccc(-c2cccnc2)c1. The Morgan fingerprint density at radius 1 is 0.511 bits per heavy atom. The van der Waals surface area contributed by atoms with Crippen molar-refractivity contribution in [2.45, 2.75) is 0 Å². The standard InChI is InChI=1S/C43H30N4/c44-40-27-33(23-24-41(40)47-46-35-14-8-12-32(26-35)34-13-9-25-45-28-34)29-19-21-31(22-20-29)43-38-17-6-4-15-36(38)42(30-10-2-1-3-11-30)37-16-5-7-18-39(37)43/h1-28,44,46H/b44-40?,47-41-. The highest BCUT2D eigenvalue weighted by Gasteiger charge is 2.17. The molecule has 0 atom stereocenters. The van der Waals surface area contributed by atoms with Crippen LogP contribution in [0.3, 0.4) is 0 Å². The number of benzene rings is 6. The van der Waals surface area contributed by atoms with Gasteiger partial charge in [-0.25, -0.2) is 0 Å². The van der Waals surface area contributed by atoms with Crippen molar-refractivity contribution < 1.29 is 0 Å². The van der Waals surface area contributed by atoms with Crippen molar-refractivity contribution in [3.8, 4) is 33.4 Å². The summed E-state index contributed by atoms with van der Waals surface area (Å²) in [5.41, 5.74) is 13.9. The fourth-order valence-corrected chi connectivity index (χ4v) is 6.42. The second kappa shape index (κ2) is 12.2. The van der Waals surface area contributed by atoms with Crippen LogP contribution < -0.4 is 5.43 Å². The number of fused-ring (bicyclic) bond motifs is 2. The normalized spacial score (nSPS) is 13.7. The molecule has 47 heavy (non-hydrogen) atoms. The van der Waals surface area contributed by atoms with Crippen LogP contribution in [0, 0.1) is 5.41 Å². The number of nitrogens with zero attached hydrogens (tertiary/aromatic N) is 2. The molecule has 8 rings (SSSR count). The van der Waals surface area contributed by atoms with Crippen LogP contribution in [0.2, 0.25) is 0 Å². The first-order chi connectivity index (χ1) is 23.2. The molecule has 0 unspecified atom stereocenters. The van der Waals surface area contributed by atoms with Gasteiger partial charge in [0.05, 0.1) is 11.4 Å². The number of aromatic nitrogens is 1. The van der Waals surface area contributed by atoms with Crippen LogP contribution in [0.25, 0.3) is 60.5 Å². The maximum Gasteiger partial charge on any atom is 0.108 e. The van der Waals surface area contributed by atoms with Gasteiger partial charge in [0.25, 0.3) is 0 Å². The van der Waals surface area contributed by atoms with Crippen LogP contribution in [0.1, 0.15) is 5.56 Å². The molecule has 0 fully saturated rings. The minimum atomic E-state index is 0.357. The molecule has 2 N–H and O–H groups in total. The van der Waals surface area contributed by atoms with Crippen molar-refractivity contribution in [3.05, 3.63) is 176 Å². The summed E-state index contributed by atoms with van der Waals surface area (Å²) in [6, 6.07) is 48.8. The molecule has 7 aromatic rings. The van der Waals surface area contributed by atoms with E-state index in [4.69, 9.17) is 5.41 Å². The number of nitrogens with one attached hydrogen (secondary N) is 2. The van der Waals surface area contributed by atoms with Gasteiger partial charge in [-0.3, -0.25) is 15.8 Å². The Morgan fingerprint density at radius 2 is 1.09 bits per heavy atom. The van der Waals surface area contributed by atoms with Gasteiger partial charge in [0.2, 0.25) is 0 Å². The van der Waals surface area contributed by atoms with Gasteiger partial charge in [-0.1, -0.05) is 127 Å². The summed E-state index contributed by atoms with van der Waals surface area (Å²) in [7, 11) is 0. The topological polar surface area (TPSA) is 61.1 Å². The quantitative estimate of drug-likeness (QED) is 0.113. The van der Waals surface area contributed by atoms with Crippen LogP contribution in [-0.4, -0.2) is 16.4 Å². The van der Waals surface area contributed by atoms with E-state index in [0.29, 0.717) is 11.4 Å². The Hall–Kier alpha value is -6.39. The molecule has 222 valence electrons. The molecule has 0 amide bonds. The third-order valence-corrected chi connectivity index (χ3v) is 8.66. The van der Waals surface area contributed by atoms with Gasteiger partial charge in [0.15, 0.2) is 0 Å². The molecule has 0 radical (unpaired) electrons. The van der Waals surface area contributed by atoms with Crippen LogP contribution in [0.4, 0.5) is 5.69 Å².